The van der Waals surface area contributed by atoms with E-state index in [-0.39, 0.29) is 17.8 Å². The standard InChI is InChI=1S/C24H24Cl2N4O3S2/c25-19-6-1-15(9-20(19)26)11-30-7-8-33-18(12-30)10-28-22(31)14-35-24-29-21(13-34-24)16-2-4-17(5-3-16)23(27)32/h1-6,9,13,18H,7-8,10-12,14H2,(H2,27,32)(H,28,31)/t18-/m0/s1. The van der Waals surface area contributed by atoms with Crippen molar-refractivity contribution in [2.24, 2.45) is 5.73 Å². The molecule has 0 spiro atoms. The molecule has 11 heteroatoms. The van der Waals surface area contributed by atoms with E-state index in [1.807, 2.05) is 29.6 Å². The molecule has 0 saturated carbocycles. The zero-order valence-corrected chi connectivity index (χ0v) is 21.9. The zero-order chi connectivity index (χ0) is 24.8. The molecule has 2 heterocycles. The summed E-state index contributed by atoms with van der Waals surface area (Å²) < 4.78 is 6.63. The van der Waals surface area contributed by atoms with E-state index >= 15 is 0 Å². The number of thiazole rings is 1. The maximum absolute atomic E-state index is 12.4. The molecule has 3 aromatic rings. The predicted molar refractivity (Wildman–Crippen MR) is 141 cm³/mol. The van der Waals surface area contributed by atoms with Gasteiger partial charge in [0.2, 0.25) is 11.8 Å². The van der Waals surface area contributed by atoms with Crippen LogP contribution in [0, 0.1) is 0 Å². The normalized spacial score (nSPS) is 16.2. The largest absolute Gasteiger partial charge is 0.374 e. The number of carbonyl (C=O) groups excluding carboxylic acids is 2. The van der Waals surface area contributed by atoms with E-state index in [2.05, 4.69) is 15.2 Å². The molecule has 3 N–H and O–H groups in total. The number of ether oxygens (including phenoxy) is 1. The van der Waals surface area contributed by atoms with Crippen LogP contribution in [0.25, 0.3) is 11.3 Å². The summed E-state index contributed by atoms with van der Waals surface area (Å²) in [5.74, 6) is -0.259. The van der Waals surface area contributed by atoms with Gasteiger partial charge < -0.3 is 15.8 Å². The van der Waals surface area contributed by atoms with Crippen LogP contribution in [0.5, 0.6) is 0 Å². The molecule has 35 heavy (non-hydrogen) atoms. The maximum Gasteiger partial charge on any atom is 0.248 e. The van der Waals surface area contributed by atoms with E-state index in [9.17, 15) is 9.59 Å². The van der Waals surface area contributed by atoms with E-state index in [1.165, 1.54) is 23.1 Å². The van der Waals surface area contributed by atoms with Crippen molar-refractivity contribution in [3.05, 3.63) is 69.0 Å². The van der Waals surface area contributed by atoms with Gasteiger partial charge in [-0.2, -0.15) is 0 Å². The second-order valence-electron chi connectivity index (χ2n) is 8.01. The number of thioether (sulfide) groups is 1. The lowest BCUT2D eigenvalue weighted by atomic mass is 10.1. The molecule has 0 radical (unpaired) electrons. The quantitative estimate of drug-likeness (QED) is 0.385. The van der Waals surface area contributed by atoms with Crippen LogP contribution in [-0.2, 0) is 16.1 Å². The number of nitrogens with one attached hydrogen (secondary N) is 1. The van der Waals surface area contributed by atoms with Crippen LogP contribution in [0.4, 0.5) is 0 Å². The molecule has 7 nitrogen and oxygen atoms in total. The lowest BCUT2D eigenvalue weighted by molar-refractivity contribution is -0.119. The summed E-state index contributed by atoms with van der Waals surface area (Å²) in [7, 11) is 0. The third-order valence-corrected chi connectivity index (χ3v) is 8.18. The van der Waals surface area contributed by atoms with Gasteiger partial charge in [0.25, 0.3) is 0 Å². The van der Waals surface area contributed by atoms with Gasteiger partial charge in [-0.05, 0) is 29.8 Å². The first kappa shape index (κ1) is 25.9. The minimum Gasteiger partial charge on any atom is -0.374 e. The third kappa shape index (κ3) is 7.42. The summed E-state index contributed by atoms with van der Waals surface area (Å²) in [6, 6.07) is 12.6. The van der Waals surface area contributed by atoms with Gasteiger partial charge in [0.05, 0.1) is 34.2 Å². The highest BCUT2D eigenvalue weighted by atomic mass is 35.5. The van der Waals surface area contributed by atoms with Gasteiger partial charge in [0.15, 0.2) is 4.34 Å². The Bertz CT molecular complexity index is 1190. The summed E-state index contributed by atoms with van der Waals surface area (Å²) in [5, 5.41) is 5.98. The predicted octanol–water partition coefficient (Wildman–Crippen LogP) is 4.33. The Morgan fingerprint density at radius 1 is 1.20 bits per heavy atom. The molecule has 2 aromatic carbocycles. The Morgan fingerprint density at radius 3 is 2.74 bits per heavy atom. The Labute approximate surface area is 222 Å². The molecule has 1 aromatic heterocycles. The monoisotopic (exact) mass is 550 g/mol. The van der Waals surface area contributed by atoms with Gasteiger partial charge in [-0.3, -0.25) is 14.5 Å². The summed E-state index contributed by atoms with van der Waals surface area (Å²) in [6.45, 7) is 3.35. The number of morpholine rings is 1. The number of rotatable bonds is 9. The number of amides is 2. The molecule has 0 bridgehead atoms. The molecular formula is C24H24Cl2N4O3S2. The summed E-state index contributed by atoms with van der Waals surface area (Å²) in [4.78, 5) is 30.5. The van der Waals surface area contributed by atoms with Crippen molar-refractivity contribution >= 4 is 58.1 Å². The first-order valence-electron chi connectivity index (χ1n) is 10.9. The fourth-order valence-electron chi connectivity index (χ4n) is 3.61. The minimum atomic E-state index is -0.463. The van der Waals surface area contributed by atoms with Gasteiger partial charge in [0.1, 0.15) is 0 Å². The van der Waals surface area contributed by atoms with Gasteiger partial charge in [0, 0.05) is 42.7 Å². The number of nitrogens with zero attached hydrogens (tertiary/aromatic N) is 2. The number of aromatic nitrogens is 1. The molecule has 0 unspecified atom stereocenters. The lowest BCUT2D eigenvalue weighted by Crippen LogP contribution is -2.47. The highest BCUT2D eigenvalue weighted by Crippen LogP contribution is 2.28. The van der Waals surface area contributed by atoms with Crippen LogP contribution < -0.4 is 11.1 Å². The molecule has 2 amide bonds. The molecular weight excluding hydrogens is 527 g/mol. The number of halogens is 2. The van der Waals surface area contributed by atoms with Crippen molar-refractivity contribution in [2.75, 3.05) is 32.0 Å². The van der Waals surface area contributed by atoms with E-state index in [1.54, 1.807) is 18.2 Å². The highest BCUT2D eigenvalue weighted by molar-refractivity contribution is 8.01. The minimum absolute atomic E-state index is 0.0669. The zero-order valence-electron chi connectivity index (χ0n) is 18.7. The molecule has 1 saturated heterocycles. The number of benzene rings is 2. The van der Waals surface area contributed by atoms with E-state index in [4.69, 9.17) is 33.7 Å². The van der Waals surface area contributed by atoms with Crippen molar-refractivity contribution in [3.63, 3.8) is 0 Å². The van der Waals surface area contributed by atoms with Crippen molar-refractivity contribution < 1.29 is 14.3 Å². The molecule has 4 rings (SSSR count). The summed E-state index contributed by atoms with van der Waals surface area (Å²) in [5.41, 5.74) is 8.51. The Kier molecular flexibility index (Phi) is 9.04. The Morgan fingerprint density at radius 2 is 2.00 bits per heavy atom. The van der Waals surface area contributed by atoms with E-state index in [0.717, 1.165) is 40.8 Å². The van der Waals surface area contributed by atoms with E-state index in [0.29, 0.717) is 28.8 Å². The first-order chi connectivity index (χ1) is 16.9. The average Bonchev–Trinajstić information content (AvgIpc) is 3.33. The second-order valence-corrected chi connectivity index (χ2v) is 10.9. The average molecular weight is 552 g/mol. The van der Waals surface area contributed by atoms with E-state index < -0.39 is 5.91 Å². The highest BCUT2D eigenvalue weighted by Gasteiger charge is 2.21. The van der Waals surface area contributed by atoms with Crippen molar-refractivity contribution in [2.45, 2.75) is 17.0 Å². The molecule has 1 aliphatic rings. The summed E-state index contributed by atoms with van der Waals surface area (Å²) in [6.07, 6.45) is -0.0738. The number of primary amides is 1. The maximum atomic E-state index is 12.4. The van der Waals surface area contributed by atoms with Gasteiger partial charge in [-0.1, -0.05) is 53.2 Å². The first-order valence-corrected chi connectivity index (χ1v) is 13.5. The SMILES string of the molecule is NC(=O)c1ccc(-c2csc(SCC(=O)NC[C@H]3CN(Cc4ccc(Cl)c(Cl)c4)CCO3)n2)cc1. The van der Waals surface area contributed by atoms with Crippen molar-refractivity contribution in [3.8, 4) is 11.3 Å². The Hall–Kier alpha value is -2.14. The van der Waals surface area contributed by atoms with Crippen LogP contribution in [-0.4, -0.2) is 59.8 Å². The molecule has 1 atom stereocenters. The smallest absolute Gasteiger partial charge is 0.248 e. The lowest BCUT2D eigenvalue weighted by Gasteiger charge is -2.33. The van der Waals surface area contributed by atoms with Gasteiger partial charge in [-0.15, -0.1) is 11.3 Å². The molecule has 0 aliphatic carbocycles. The Balaban J connectivity index is 1.20. The fourth-order valence-corrected chi connectivity index (χ4v) is 5.60. The fraction of sp³-hybridized carbons (Fsp3) is 0.292. The van der Waals surface area contributed by atoms with Crippen LogP contribution in [0.3, 0.4) is 0 Å². The van der Waals surface area contributed by atoms with Crippen LogP contribution in [0.2, 0.25) is 10.0 Å². The van der Waals surface area contributed by atoms with Crippen LogP contribution >= 0.6 is 46.3 Å². The van der Waals surface area contributed by atoms with Gasteiger partial charge in [-0.25, -0.2) is 4.98 Å². The topological polar surface area (TPSA) is 97.5 Å². The number of hydrogen-bond acceptors (Lipinski definition) is 7. The van der Waals surface area contributed by atoms with Crippen molar-refractivity contribution in [1.82, 2.24) is 15.2 Å². The van der Waals surface area contributed by atoms with Gasteiger partial charge >= 0.3 is 0 Å². The molecule has 1 aliphatic heterocycles. The molecule has 1 fully saturated rings. The number of carbonyl (C=O) groups is 2. The number of hydrogen-bond donors (Lipinski definition) is 2. The number of nitrogens with two attached hydrogens (primary N) is 1. The second kappa shape index (κ2) is 12.2. The third-order valence-electron chi connectivity index (χ3n) is 5.42. The molecule has 184 valence electrons. The van der Waals surface area contributed by atoms with Crippen molar-refractivity contribution in [1.29, 1.82) is 0 Å². The summed E-state index contributed by atoms with van der Waals surface area (Å²) >= 11 is 15.0. The van der Waals surface area contributed by atoms with Crippen LogP contribution in [0.15, 0.2) is 52.2 Å². The van der Waals surface area contributed by atoms with Crippen LogP contribution in [0.1, 0.15) is 15.9 Å².